The van der Waals surface area contributed by atoms with E-state index in [1.165, 1.54) is 0 Å². The first-order valence-corrected chi connectivity index (χ1v) is 14.7. The Bertz CT molecular complexity index is 1380. The van der Waals surface area contributed by atoms with Crippen LogP contribution in [0.1, 0.15) is 58.2 Å². The Hall–Kier alpha value is -4.47. The predicted octanol–water partition coefficient (Wildman–Crippen LogP) is 3.58. The molecule has 3 rings (SSSR count). The minimum Gasteiger partial charge on any atom is -0.461 e. The van der Waals surface area contributed by atoms with E-state index in [1.807, 2.05) is 81.4 Å². The third kappa shape index (κ3) is 9.80. The molecule has 2 aromatic carbocycles. The van der Waals surface area contributed by atoms with Crippen molar-refractivity contribution in [3.63, 3.8) is 0 Å². The molecule has 0 bridgehead atoms. The largest absolute Gasteiger partial charge is 0.461 e. The maximum atomic E-state index is 13.4. The van der Waals surface area contributed by atoms with Crippen molar-refractivity contribution in [2.45, 2.75) is 72.1 Å². The topological polar surface area (TPSA) is 160 Å². The maximum absolute atomic E-state index is 13.4. The fraction of sp³-hybridized carbons (Fsp3) is 0.424. The number of hydrogen-bond donors (Lipinski definition) is 4. The molecule has 10 nitrogen and oxygen atoms in total. The molecule has 1 heterocycles. The van der Waals surface area contributed by atoms with Gasteiger partial charge in [0.15, 0.2) is 0 Å². The number of para-hydroxylation sites is 1. The summed E-state index contributed by atoms with van der Waals surface area (Å²) in [7, 11) is 0. The number of ketones is 1. The molecule has 0 radical (unpaired) electrons. The molecule has 1 aromatic heterocycles. The molecule has 43 heavy (non-hydrogen) atoms. The molecule has 4 unspecified atom stereocenters. The van der Waals surface area contributed by atoms with Gasteiger partial charge in [-0.05, 0) is 41.3 Å². The maximum Gasteiger partial charge on any atom is 0.306 e. The van der Waals surface area contributed by atoms with Crippen LogP contribution in [0.5, 0.6) is 0 Å². The number of nitrogens with one attached hydrogen (secondary N) is 3. The van der Waals surface area contributed by atoms with Gasteiger partial charge in [-0.15, -0.1) is 0 Å². The van der Waals surface area contributed by atoms with Crippen LogP contribution >= 0.6 is 0 Å². The van der Waals surface area contributed by atoms with Crippen LogP contribution < -0.4 is 16.4 Å². The Morgan fingerprint density at radius 3 is 2.23 bits per heavy atom. The van der Waals surface area contributed by atoms with Crippen molar-refractivity contribution in [2.24, 2.45) is 23.5 Å². The molecule has 230 valence electrons. The number of fused-ring (bicyclic) bond motifs is 1. The van der Waals surface area contributed by atoms with Gasteiger partial charge in [0.2, 0.25) is 17.6 Å². The fourth-order valence-electron chi connectivity index (χ4n) is 4.88. The molecule has 3 aromatic rings. The highest BCUT2D eigenvalue weighted by Gasteiger charge is 2.35. The summed E-state index contributed by atoms with van der Waals surface area (Å²) in [6.45, 7) is 7.53. The van der Waals surface area contributed by atoms with Crippen LogP contribution in [0.2, 0.25) is 0 Å². The second-order valence-electron chi connectivity index (χ2n) is 11.4. The Kier molecular flexibility index (Phi) is 12.0. The number of primary amides is 1. The number of carbonyl (C=O) groups excluding carboxylic acids is 5. The molecule has 0 aliphatic heterocycles. The van der Waals surface area contributed by atoms with Crippen LogP contribution in [0.15, 0.2) is 60.7 Å². The second kappa shape index (κ2) is 15.7. The summed E-state index contributed by atoms with van der Waals surface area (Å²) in [5.74, 6) is -4.82. The highest BCUT2D eigenvalue weighted by atomic mass is 16.5. The summed E-state index contributed by atoms with van der Waals surface area (Å²) in [4.78, 5) is 68.0. The van der Waals surface area contributed by atoms with Gasteiger partial charge in [0.05, 0.1) is 12.5 Å². The fourth-order valence-corrected chi connectivity index (χ4v) is 4.88. The summed E-state index contributed by atoms with van der Waals surface area (Å²) in [6.07, 6.45) is 0.768. The van der Waals surface area contributed by atoms with Gasteiger partial charge in [-0.3, -0.25) is 24.0 Å². The van der Waals surface area contributed by atoms with Crippen molar-refractivity contribution in [2.75, 3.05) is 0 Å². The number of H-pyrrole nitrogens is 1. The van der Waals surface area contributed by atoms with Crippen LogP contribution in [-0.2, 0) is 41.7 Å². The molecular weight excluding hydrogens is 548 g/mol. The quantitative estimate of drug-likeness (QED) is 0.147. The molecule has 0 spiro atoms. The number of benzene rings is 2. The molecule has 0 saturated heterocycles. The number of nitrogens with two attached hydrogens (primary N) is 1. The van der Waals surface area contributed by atoms with E-state index in [0.29, 0.717) is 18.5 Å². The van der Waals surface area contributed by atoms with Crippen molar-refractivity contribution in [1.82, 2.24) is 15.6 Å². The van der Waals surface area contributed by atoms with Gasteiger partial charge in [0.1, 0.15) is 12.6 Å². The molecule has 0 saturated carbocycles. The van der Waals surface area contributed by atoms with Crippen molar-refractivity contribution < 1.29 is 28.7 Å². The number of carbonyl (C=O) groups is 5. The summed E-state index contributed by atoms with van der Waals surface area (Å²) in [5, 5.41) is 6.12. The Labute approximate surface area is 252 Å². The van der Waals surface area contributed by atoms with Gasteiger partial charge in [0, 0.05) is 23.5 Å². The molecule has 0 aliphatic rings. The van der Waals surface area contributed by atoms with Crippen molar-refractivity contribution in [3.05, 3.63) is 71.9 Å². The molecule has 3 amide bonds. The van der Waals surface area contributed by atoms with E-state index >= 15 is 0 Å². The first kappa shape index (κ1) is 33.0. The monoisotopic (exact) mass is 590 g/mol. The van der Waals surface area contributed by atoms with E-state index in [0.717, 1.165) is 16.5 Å². The Balaban J connectivity index is 1.68. The lowest BCUT2D eigenvalue weighted by Crippen LogP contribution is -2.55. The molecular formula is C33H42N4O6. The highest BCUT2D eigenvalue weighted by Crippen LogP contribution is 2.20. The van der Waals surface area contributed by atoms with Crippen molar-refractivity contribution in [1.29, 1.82) is 0 Å². The lowest BCUT2D eigenvalue weighted by atomic mass is 9.90. The smallest absolute Gasteiger partial charge is 0.306 e. The predicted molar refractivity (Wildman–Crippen MR) is 163 cm³/mol. The zero-order valence-electron chi connectivity index (χ0n) is 25.2. The van der Waals surface area contributed by atoms with E-state index in [2.05, 4.69) is 15.6 Å². The number of amides is 3. The van der Waals surface area contributed by atoms with E-state index < -0.39 is 53.4 Å². The van der Waals surface area contributed by atoms with Gasteiger partial charge in [-0.25, -0.2) is 0 Å². The molecule has 4 atom stereocenters. The zero-order valence-corrected chi connectivity index (χ0v) is 25.2. The number of aromatic amines is 1. The minimum atomic E-state index is -1.16. The number of Topliss-reactive ketones (excluding diaryl/α,β-unsaturated/α-hetero) is 1. The van der Waals surface area contributed by atoms with E-state index in [1.54, 1.807) is 6.92 Å². The number of aromatic nitrogens is 1. The standard InChI is InChI=1S/C33H42N4O6/c1-5-21(4)29(37-32(41)24(15-20(2)3)17-28(38)43-19-22-11-7-6-8-12-22)30(39)33(42)36-27(31(34)40)18-25-16-23-13-9-10-14-26(23)35-25/h6-14,16,20-21,24,27,29,35H,5,15,17-19H2,1-4H3,(H2,34,40)(H,36,42)(H,37,41). The Morgan fingerprint density at radius 2 is 1.60 bits per heavy atom. The third-order valence-corrected chi connectivity index (χ3v) is 7.46. The van der Waals surface area contributed by atoms with E-state index in [9.17, 15) is 24.0 Å². The van der Waals surface area contributed by atoms with Gasteiger partial charge in [0.25, 0.3) is 5.91 Å². The van der Waals surface area contributed by atoms with Gasteiger partial charge >= 0.3 is 5.97 Å². The van der Waals surface area contributed by atoms with Crippen molar-refractivity contribution in [3.8, 4) is 0 Å². The first-order valence-electron chi connectivity index (χ1n) is 14.7. The van der Waals surface area contributed by atoms with Crippen LogP contribution in [-0.4, -0.2) is 46.5 Å². The van der Waals surface area contributed by atoms with Crippen molar-refractivity contribution >= 4 is 40.4 Å². The SMILES string of the molecule is CCC(C)C(NC(=O)C(CC(=O)OCc1ccccc1)CC(C)C)C(=O)C(=O)NC(Cc1cc2ccccc2[nH]1)C(N)=O. The normalized spacial score (nSPS) is 14.0. The van der Waals surface area contributed by atoms with Gasteiger partial charge in [-0.2, -0.15) is 0 Å². The average Bonchev–Trinajstić information content (AvgIpc) is 3.40. The summed E-state index contributed by atoms with van der Waals surface area (Å²) < 4.78 is 5.39. The molecule has 0 aliphatic carbocycles. The van der Waals surface area contributed by atoms with E-state index in [-0.39, 0.29) is 25.4 Å². The third-order valence-electron chi connectivity index (χ3n) is 7.46. The van der Waals surface area contributed by atoms with E-state index in [4.69, 9.17) is 10.5 Å². The lowest BCUT2D eigenvalue weighted by molar-refractivity contribution is -0.149. The van der Waals surface area contributed by atoms with Gasteiger partial charge < -0.3 is 26.1 Å². The highest BCUT2D eigenvalue weighted by molar-refractivity contribution is 6.38. The summed E-state index contributed by atoms with van der Waals surface area (Å²) in [5.41, 5.74) is 7.93. The van der Waals surface area contributed by atoms with Crippen LogP contribution in [0.25, 0.3) is 10.9 Å². The summed E-state index contributed by atoms with van der Waals surface area (Å²) in [6, 6.07) is 16.3. The summed E-state index contributed by atoms with van der Waals surface area (Å²) >= 11 is 0. The van der Waals surface area contributed by atoms with Crippen LogP contribution in [0.3, 0.4) is 0 Å². The average molecular weight is 591 g/mol. The molecule has 5 N–H and O–H groups in total. The van der Waals surface area contributed by atoms with Crippen LogP contribution in [0, 0.1) is 17.8 Å². The number of hydrogen-bond acceptors (Lipinski definition) is 6. The number of rotatable bonds is 16. The van der Waals surface area contributed by atoms with Gasteiger partial charge in [-0.1, -0.05) is 82.6 Å². The number of esters is 1. The zero-order chi connectivity index (χ0) is 31.5. The molecule has 0 fully saturated rings. The van der Waals surface area contributed by atoms with Crippen LogP contribution in [0.4, 0.5) is 0 Å². The number of ether oxygens (including phenoxy) is 1. The Morgan fingerprint density at radius 1 is 0.930 bits per heavy atom. The minimum absolute atomic E-state index is 0.0605. The second-order valence-corrected chi connectivity index (χ2v) is 11.4. The molecule has 10 heteroatoms. The lowest BCUT2D eigenvalue weighted by Gasteiger charge is -2.26. The first-order chi connectivity index (χ1) is 20.5.